The molecule has 0 saturated heterocycles. The fourth-order valence-electron chi connectivity index (χ4n) is 3.67. The minimum absolute atomic E-state index is 0.0859. The van der Waals surface area contributed by atoms with E-state index in [1.807, 2.05) is 84.9 Å². The van der Waals surface area contributed by atoms with Crippen LogP contribution in [0.4, 0.5) is 0 Å². The highest BCUT2D eigenvalue weighted by Gasteiger charge is 2.31. The Morgan fingerprint density at radius 2 is 1.58 bits per heavy atom. The average molecular weight is 443 g/mol. The van der Waals surface area contributed by atoms with Gasteiger partial charge in [-0.05, 0) is 35.2 Å². The van der Waals surface area contributed by atoms with Crippen molar-refractivity contribution in [3.63, 3.8) is 0 Å². The van der Waals surface area contributed by atoms with Crippen molar-refractivity contribution < 1.29 is 14.3 Å². The van der Waals surface area contributed by atoms with Gasteiger partial charge in [-0.3, -0.25) is 9.59 Å². The molecule has 0 aliphatic rings. The molecule has 0 fully saturated rings. The smallest absolute Gasteiger partial charge is 0.247 e. The molecule has 33 heavy (non-hydrogen) atoms. The quantitative estimate of drug-likeness (QED) is 0.438. The molecule has 1 atom stereocenters. The summed E-state index contributed by atoms with van der Waals surface area (Å²) < 4.78 is 5.25. The van der Waals surface area contributed by atoms with E-state index in [1.54, 1.807) is 18.1 Å². The lowest BCUT2D eigenvalue weighted by molar-refractivity contribution is -0.141. The van der Waals surface area contributed by atoms with Gasteiger partial charge in [-0.25, -0.2) is 0 Å². The molecular weight excluding hydrogens is 412 g/mol. The zero-order valence-corrected chi connectivity index (χ0v) is 18.9. The highest BCUT2D eigenvalue weighted by Crippen LogP contribution is 2.26. The van der Waals surface area contributed by atoms with Crippen LogP contribution >= 0.6 is 0 Å². The Labute approximate surface area is 195 Å². The molecule has 0 aliphatic heterocycles. The lowest BCUT2D eigenvalue weighted by Gasteiger charge is -2.31. The summed E-state index contributed by atoms with van der Waals surface area (Å²) in [6, 6.07) is 26.1. The standard InChI is InChI=1S/C28H30N2O3/c1-3-20-29-28(32)27(24-12-8-5-9-13-24)30(21-23-14-17-25(33-2)18-15-23)26(31)19-16-22-10-6-4-7-11-22/h3-15,17-18,27H,1,16,19-21H2,2H3,(H,29,32). The van der Waals surface area contributed by atoms with Crippen LogP contribution in [0.15, 0.2) is 97.6 Å². The molecule has 170 valence electrons. The average Bonchev–Trinajstić information content (AvgIpc) is 2.87. The van der Waals surface area contributed by atoms with Gasteiger partial charge in [0.2, 0.25) is 11.8 Å². The number of hydrogen-bond donors (Lipinski definition) is 1. The normalized spacial score (nSPS) is 11.3. The molecule has 3 rings (SSSR count). The number of ether oxygens (including phenoxy) is 1. The first-order chi connectivity index (χ1) is 16.1. The lowest BCUT2D eigenvalue weighted by atomic mass is 10.0. The van der Waals surface area contributed by atoms with Gasteiger partial charge in [0, 0.05) is 19.5 Å². The van der Waals surface area contributed by atoms with E-state index in [4.69, 9.17) is 4.74 Å². The molecule has 5 heteroatoms. The van der Waals surface area contributed by atoms with Crippen molar-refractivity contribution in [3.05, 3.63) is 114 Å². The van der Waals surface area contributed by atoms with E-state index in [2.05, 4.69) is 11.9 Å². The van der Waals surface area contributed by atoms with Crippen LogP contribution in [0.2, 0.25) is 0 Å². The van der Waals surface area contributed by atoms with Crippen molar-refractivity contribution in [2.75, 3.05) is 13.7 Å². The summed E-state index contributed by atoms with van der Waals surface area (Å²) in [5.41, 5.74) is 2.77. The molecule has 5 nitrogen and oxygen atoms in total. The lowest BCUT2D eigenvalue weighted by Crippen LogP contribution is -2.43. The van der Waals surface area contributed by atoms with Gasteiger partial charge >= 0.3 is 0 Å². The van der Waals surface area contributed by atoms with E-state index in [9.17, 15) is 9.59 Å². The Hall–Kier alpha value is -3.86. The Morgan fingerprint density at radius 1 is 0.939 bits per heavy atom. The third-order valence-corrected chi connectivity index (χ3v) is 5.40. The first kappa shape index (κ1) is 23.8. The molecule has 3 aromatic rings. The third-order valence-electron chi connectivity index (χ3n) is 5.40. The van der Waals surface area contributed by atoms with Gasteiger partial charge in [0.25, 0.3) is 0 Å². The minimum atomic E-state index is -0.753. The van der Waals surface area contributed by atoms with Crippen LogP contribution in [0.5, 0.6) is 5.75 Å². The zero-order chi connectivity index (χ0) is 23.5. The number of aryl methyl sites for hydroxylation is 1. The van der Waals surface area contributed by atoms with Crippen LogP contribution < -0.4 is 10.1 Å². The van der Waals surface area contributed by atoms with Crippen LogP contribution in [-0.4, -0.2) is 30.4 Å². The molecular formula is C28H30N2O3. The summed E-state index contributed by atoms with van der Waals surface area (Å²) in [5.74, 6) is 0.420. The Bertz CT molecular complexity index is 1030. The highest BCUT2D eigenvalue weighted by atomic mass is 16.5. The van der Waals surface area contributed by atoms with Crippen molar-refractivity contribution in [1.29, 1.82) is 0 Å². The van der Waals surface area contributed by atoms with Crippen LogP contribution in [0.1, 0.15) is 29.2 Å². The minimum Gasteiger partial charge on any atom is -0.497 e. The molecule has 2 amide bonds. The van der Waals surface area contributed by atoms with Gasteiger partial charge in [0.1, 0.15) is 11.8 Å². The molecule has 0 aliphatic carbocycles. The summed E-state index contributed by atoms with van der Waals surface area (Å²) >= 11 is 0. The number of carbonyl (C=O) groups is 2. The summed E-state index contributed by atoms with van der Waals surface area (Å²) in [7, 11) is 1.61. The summed E-state index contributed by atoms with van der Waals surface area (Å²) in [4.78, 5) is 28.4. The maximum Gasteiger partial charge on any atom is 0.247 e. The second-order valence-corrected chi connectivity index (χ2v) is 7.70. The maximum atomic E-state index is 13.5. The van der Waals surface area contributed by atoms with E-state index < -0.39 is 6.04 Å². The van der Waals surface area contributed by atoms with Gasteiger partial charge in [0.15, 0.2) is 0 Å². The molecule has 0 radical (unpaired) electrons. The number of hydrogen-bond acceptors (Lipinski definition) is 3. The van der Waals surface area contributed by atoms with Gasteiger partial charge in [-0.2, -0.15) is 0 Å². The van der Waals surface area contributed by atoms with Crippen molar-refractivity contribution in [3.8, 4) is 5.75 Å². The number of carbonyl (C=O) groups excluding carboxylic acids is 2. The monoisotopic (exact) mass is 442 g/mol. The number of nitrogens with one attached hydrogen (secondary N) is 1. The van der Waals surface area contributed by atoms with Gasteiger partial charge in [-0.15, -0.1) is 6.58 Å². The molecule has 0 heterocycles. The van der Waals surface area contributed by atoms with E-state index in [0.717, 1.165) is 22.4 Å². The van der Waals surface area contributed by atoms with E-state index in [1.165, 1.54) is 0 Å². The molecule has 1 N–H and O–H groups in total. The van der Waals surface area contributed by atoms with E-state index in [-0.39, 0.29) is 11.8 Å². The second kappa shape index (κ2) is 12.2. The van der Waals surface area contributed by atoms with Crippen LogP contribution in [0, 0.1) is 0 Å². The van der Waals surface area contributed by atoms with Crippen LogP contribution in [0.25, 0.3) is 0 Å². The van der Waals surface area contributed by atoms with E-state index in [0.29, 0.717) is 25.9 Å². The van der Waals surface area contributed by atoms with Crippen molar-refractivity contribution >= 4 is 11.8 Å². The Morgan fingerprint density at radius 3 is 2.18 bits per heavy atom. The Kier molecular flexibility index (Phi) is 8.83. The largest absolute Gasteiger partial charge is 0.497 e. The zero-order valence-electron chi connectivity index (χ0n) is 18.9. The molecule has 0 aromatic heterocycles. The summed E-state index contributed by atoms with van der Waals surface area (Å²) in [6.07, 6.45) is 2.54. The van der Waals surface area contributed by atoms with Gasteiger partial charge < -0.3 is 15.0 Å². The van der Waals surface area contributed by atoms with Gasteiger partial charge in [0.05, 0.1) is 7.11 Å². The van der Waals surface area contributed by atoms with E-state index >= 15 is 0 Å². The molecule has 0 saturated carbocycles. The van der Waals surface area contributed by atoms with Gasteiger partial charge in [-0.1, -0.05) is 78.9 Å². The summed E-state index contributed by atoms with van der Waals surface area (Å²) in [5, 5.41) is 2.87. The van der Waals surface area contributed by atoms with Crippen LogP contribution in [-0.2, 0) is 22.6 Å². The van der Waals surface area contributed by atoms with Crippen LogP contribution in [0.3, 0.4) is 0 Å². The van der Waals surface area contributed by atoms with Crippen molar-refractivity contribution in [1.82, 2.24) is 10.2 Å². The predicted molar refractivity (Wildman–Crippen MR) is 131 cm³/mol. The Balaban J connectivity index is 1.92. The third kappa shape index (κ3) is 6.81. The van der Waals surface area contributed by atoms with Crippen molar-refractivity contribution in [2.45, 2.75) is 25.4 Å². The van der Waals surface area contributed by atoms with Crippen molar-refractivity contribution in [2.24, 2.45) is 0 Å². The fraction of sp³-hybridized carbons (Fsp3) is 0.214. The number of nitrogens with zero attached hydrogens (tertiary/aromatic N) is 1. The summed E-state index contributed by atoms with van der Waals surface area (Å²) in [6.45, 7) is 4.32. The predicted octanol–water partition coefficient (Wildman–Crippen LogP) is 4.70. The number of benzene rings is 3. The molecule has 3 aromatic carbocycles. The second-order valence-electron chi connectivity index (χ2n) is 7.70. The molecule has 0 bridgehead atoms. The molecule has 0 spiro atoms. The highest BCUT2D eigenvalue weighted by molar-refractivity contribution is 5.89. The first-order valence-electron chi connectivity index (χ1n) is 11.0. The number of amides is 2. The topological polar surface area (TPSA) is 58.6 Å². The maximum absolute atomic E-state index is 13.5. The molecule has 1 unspecified atom stereocenters. The fourth-order valence-corrected chi connectivity index (χ4v) is 3.67. The SMILES string of the molecule is C=CCNC(=O)C(c1ccccc1)N(Cc1ccc(OC)cc1)C(=O)CCc1ccccc1. The number of rotatable bonds is 11. The first-order valence-corrected chi connectivity index (χ1v) is 11.0. The number of methoxy groups -OCH3 is 1.